The molecule has 58 valence electrons. The van der Waals surface area contributed by atoms with E-state index in [0.29, 0.717) is 0 Å². The minimum atomic E-state index is -1.67. The van der Waals surface area contributed by atoms with Gasteiger partial charge >= 0.3 is 64.2 Å². The molecular weight excluding hydrogens is 240 g/mol. The molecule has 8 heteroatoms. The summed E-state index contributed by atoms with van der Waals surface area (Å²) < 4.78 is 0. The predicted molar refractivity (Wildman–Crippen MR) is 27.7 cm³/mol. The molecular formula is C4H2N3O4Rb. The van der Waals surface area contributed by atoms with Gasteiger partial charge in [0.25, 0.3) is 0 Å². The number of carboxylic acids is 2. The third-order valence-electron chi connectivity index (χ3n) is 0.944. The molecule has 0 amide bonds. The van der Waals surface area contributed by atoms with Crippen LogP contribution in [0.2, 0.25) is 0 Å². The van der Waals surface area contributed by atoms with Gasteiger partial charge in [0.1, 0.15) is 5.69 Å². The van der Waals surface area contributed by atoms with Crippen LogP contribution in [0, 0.1) is 0 Å². The summed E-state index contributed by atoms with van der Waals surface area (Å²) in [6.45, 7) is 0. The summed E-state index contributed by atoms with van der Waals surface area (Å²) in [5, 5.41) is 26.4. The maximum absolute atomic E-state index is 10.2. The topological polar surface area (TPSA) is 119 Å². The number of nitrogens with one attached hydrogen (secondary N) is 1. The van der Waals surface area contributed by atoms with Gasteiger partial charge in [0, 0.05) is 0 Å². The number of rotatable bonds is 2. The first-order valence-electron chi connectivity index (χ1n) is 2.48. The van der Waals surface area contributed by atoms with Gasteiger partial charge in [-0.2, -0.15) is 10.3 Å². The van der Waals surface area contributed by atoms with Crippen molar-refractivity contribution < 1.29 is 78.0 Å². The van der Waals surface area contributed by atoms with Crippen LogP contribution >= 0.6 is 0 Å². The second-order valence-electron chi connectivity index (χ2n) is 1.61. The van der Waals surface area contributed by atoms with Gasteiger partial charge in [-0.15, -0.1) is 5.10 Å². The predicted octanol–water partition coefficient (Wildman–Crippen LogP) is -5.13. The van der Waals surface area contributed by atoms with Crippen LogP contribution in [0.3, 0.4) is 0 Å². The molecule has 0 aliphatic carbocycles. The average molecular weight is 242 g/mol. The molecule has 0 unspecified atom stereocenters. The third-order valence-corrected chi connectivity index (χ3v) is 0.944. The molecule has 0 atom stereocenters. The monoisotopic (exact) mass is 241 g/mol. The van der Waals surface area contributed by atoms with Crippen LogP contribution in [0.1, 0.15) is 21.0 Å². The van der Waals surface area contributed by atoms with Crippen LogP contribution in [0.25, 0.3) is 0 Å². The van der Waals surface area contributed by atoms with E-state index >= 15 is 0 Å². The second-order valence-corrected chi connectivity index (χ2v) is 1.61. The van der Waals surface area contributed by atoms with Gasteiger partial charge in [-0.25, -0.2) is 4.79 Å². The molecule has 2 N–H and O–H groups in total. The van der Waals surface area contributed by atoms with Crippen molar-refractivity contribution in [2.24, 2.45) is 0 Å². The number of H-pyrrole nitrogens is 1. The molecule has 0 aliphatic rings. The number of carbonyl (C=O) groups excluding carboxylic acids is 1. The number of aromatic nitrogens is 3. The largest absolute Gasteiger partial charge is 1.00 e. The molecule has 0 radical (unpaired) electrons. The number of aromatic amines is 1. The SMILES string of the molecule is O=C([O-])c1n[nH]nc1C(=O)O.[Rb+]. The van der Waals surface area contributed by atoms with Crippen molar-refractivity contribution in [3.63, 3.8) is 0 Å². The summed E-state index contributed by atoms with van der Waals surface area (Å²) in [7, 11) is 0. The van der Waals surface area contributed by atoms with E-state index in [0.717, 1.165) is 0 Å². The van der Waals surface area contributed by atoms with Crippen molar-refractivity contribution in [2.45, 2.75) is 0 Å². The van der Waals surface area contributed by atoms with Gasteiger partial charge in [-0.1, -0.05) is 0 Å². The van der Waals surface area contributed by atoms with E-state index in [9.17, 15) is 14.7 Å². The zero-order valence-electron chi connectivity index (χ0n) is 6.07. The molecule has 7 nitrogen and oxygen atoms in total. The van der Waals surface area contributed by atoms with Crippen LogP contribution in [0.5, 0.6) is 0 Å². The fourth-order valence-electron chi connectivity index (χ4n) is 0.522. The van der Waals surface area contributed by atoms with Gasteiger partial charge < -0.3 is 15.0 Å². The molecule has 0 fully saturated rings. The molecule has 1 heterocycles. The van der Waals surface area contributed by atoms with E-state index in [1.54, 1.807) is 0 Å². The van der Waals surface area contributed by atoms with Gasteiger partial charge in [-0.3, -0.25) is 0 Å². The summed E-state index contributed by atoms with van der Waals surface area (Å²) in [6.07, 6.45) is 0. The fraction of sp³-hybridized carbons (Fsp3) is 0. The van der Waals surface area contributed by atoms with E-state index in [4.69, 9.17) is 5.11 Å². The molecule has 0 saturated heterocycles. The normalized spacial score (nSPS) is 8.67. The van der Waals surface area contributed by atoms with Crippen molar-refractivity contribution in [1.29, 1.82) is 0 Å². The van der Waals surface area contributed by atoms with Gasteiger partial charge in [0.15, 0.2) is 5.69 Å². The molecule has 0 aromatic carbocycles. The summed E-state index contributed by atoms with van der Waals surface area (Å²) in [6, 6.07) is 0. The Morgan fingerprint density at radius 3 is 2.17 bits per heavy atom. The Labute approximate surface area is 115 Å². The van der Waals surface area contributed by atoms with Crippen molar-refractivity contribution in [3.8, 4) is 0 Å². The third kappa shape index (κ3) is 2.44. The first kappa shape index (κ1) is 11.9. The number of nitrogens with zero attached hydrogens (tertiary/aromatic N) is 2. The molecule has 1 aromatic rings. The van der Waals surface area contributed by atoms with Crippen LogP contribution < -0.4 is 63.3 Å². The van der Waals surface area contributed by atoms with Crippen LogP contribution in [0.15, 0.2) is 0 Å². The first-order chi connectivity index (χ1) is 5.13. The smallest absolute Gasteiger partial charge is 0.543 e. The van der Waals surface area contributed by atoms with Crippen LogP contribution in [-0.2, 0) is 0 Å². The van der Waals surface area contributed by atoms with Gasteiger partial charge in [0.05, 0.1) is 5.97 Å². The molecule has 0 saturated carbocycles. The van der Waals surface area contributed by atoms with E-state index in [1.165, 1.54) is 0 Å². The molecule has 1 rings (SSSR count). The summed E-state index contributed by atoms with van der Waals surface area (Å²) in [5.41, 5.74) is -1.34. The summed E-state index contributed by atoms with van der Waals surface area (Å²) >= 11 is 0. The number of carbonyl (C=O) groups is 2. The molecule has 12 heavy (non-hydrogen) atoms. The molecule has 1 aromatic heterocycles. The number of hydrogen-bond acceptors (Lipinski definition) is 5. The fourth-order valence-corrected chi connectivity index (χ4v) is 0.522. The Balaban J connectivity index is 0.00000121. The average Bonchev–Trinajstić information content (AvgIpc) is 2.32. The first-order valence-corrected chi connectivity index (χ1v) is 2.48. The second kappa shape index (κ2) is 4.80. The number of aromatic carboxylic acids is 2. The standard InChI is InChI=1S/C4H3N3O4.Rb/c8-3(9)1-2(4(10)11)6-7-5-1;/h(H,8,9)(H,10,11)(H,5,6,7);/q;+1/p-1. The Bertz CT molecular complexity index is 281. The van der Waals surface area contributed by atoms with Crippen molar-refractivity contribution in [3.05, 3.63) is 11.4 Å². The summed E-state index contributed by atoms with van der Waals surface area (Å²) in [4.78, 5) is 20.3. The van der Waals surface area contributed by atoms with Crippen molar-refractivity contribution >= 4 is 11.9 Å². The van der Waals surface area contributed by atoms with Gasteiger partial charge in [-0.05, 0) is 0 Å². The molecule has 0 bridgehead atoms. The Kier molecular flexibility index (Phi) is 4.75. The van der Waals surface area contributed by atoms with E-state index < -0.39 is 23.3 Å². The number of hydrogen-bond donors (Lipinski definition) is 2. The summed E-state index contributed by atoms with van der Waals surface area (Å²) in [5.74, 6) is -3.13. The minimum absolute atomic E-state index is 0. The Hall–Kier alpha value is -0.115. The Morgan fingerprint density at radius 2 is 1.83 bits per heavy atom. The molecule has 0 spiro atoms. The zero-order valence-corrected chi connectivity index (χ0v) is 11.0. The van der Waals surface area contributed by atoms with E-state index in [1.807, 2.05) is 5.21 Å². The van der Waals surface area contributed by atoms with Crippen LogP contribution in [0.4, 0.5) is 0 Å². The maximum atomic E-state index is 10.2. The van der Waals surface area contributed by atoms with E-state index in [-0.39, 0.29) is 58.2 Å². The van der Waals surface area contributed by atoms with Crippen molar-refractivity contribution in [1.82, 2.24) is 15.4 Å². The number of carboxylic acid groups (broad SMARTS) is 2. The Morgan fingerprint density at radius 1 is 1.33 bits per heavy atom. The van der Waals surface area contributed by atoms with Gasteiger partial charge in [0.2, 0.25) is 0 Å². The maximum Gasteiger partial charge on any atom is 1.00 e. The van der Waals surface area contributed by atoms with Crippen molar-refractivity contribution in [2.75, 3.05) is 0 Å². The minimum Gasteiger partial charge on any atom is -0.543 e. The van der Waals surface area contributed by atoms with E-state index in [2.05, 4.69) is 10.2 Å². The quantitative estimate of drug-likeness (QED) is 0.534. The van der Waals surface area contributed by atoms with Crippen LogP contribution in [-0.4, -0.2) is 32.5 Å². The molecule has 0 aliphatic heterocycles. The zero-order chi connectivity index (χ0) is 8.43.